The van der Waals surface area contributed by atoms with Crippen molar-refractivity contribution in [2.45, 2.75) is 6.61 Å². The predicted octanol–water partition coefficient (Wildman–Crippen LogP) is 1.25. The first-order chi connectivity index (χ1) is 6.29. The number of rotatable bonds is 1. The van der Waals surface area contributed by atoms with Crippen LogP contribution in [0.4, 0.5) is 0 Å². The van der Waals surface area contributed by atoms with Crippen LogP contribution in [0, 0.1) is 0 Å². The Balaban J connectivity index is 2.52. The summed E-state index contributed by atoms with van der Waals surface area (Å²) in [5.74, 6) is -0.350. The van der Waals surface area contributed by atoms with Crippen molar-refractivity contribution < 1.29 is 19.4 Å². The second-order valence-corrected chi connectivity index (χ2v) is 2.70. The lowest BCUT2D eigenvalue weighted by molar-refractivity contribution is -0.0170. The Morgan fingerprint density at radius 3 is 3.08 bits per heavy atom. The number of carboxylic acids is 1. The zero-order chi connectivity index (χ0) is 9.26. The Labute approximate surface area is 74.7 Å². The highest BCUT2D eigenvalue weighted by Crippen LogP contribution is 2.26. The third-order valence-electron chi connectivity index (χ3n) is 1.91. The van der Waals surface area contributed by atoms with Gasteiger partial charge in [-0.25, -0.2) is 4.79 Å². The molecule has 0 aliphatic carbocycles. The van der Waals surface area contributed by atoms with Gasteiger partial charge in [-0.1, -0.05) is 6.07 Å². The lowest BCUT2D eigenvalue weighted by atomic mass is 10.1. The quantitative estimate of drug-likeness (QED) is 0.706. The zero-order valence-electron chi connectivity index (χ0n) is 6.82. The monoisotopic (exact) mass is 180 g/mol. The van der Waals surface area contributed by atoms with Crippen molar-refractivity contribution in [1.82, 2.24) is 0 Å². The topological polar surface area (TPSA) is 55.8 Å². The molecule has 2 rings (SSSR count). The Bertz CT molecular complexity index is 345. The number of fused-ring (bicyclic) bond motifs is 1. The number of aromatic carboxylic acids is 1. The van der Waals surface area contributed by atoms with E-state index in [1.165, 1.54) is 0 Å². The molecule has 1 heterocycles. The fourth-order valence-electron chi connectivity index (χ4n) is 1.30. The van der Waals surface area contributed by atoms with Crippen LogP contribution in [0.3, 0.4) is 0 Å². The van der Waals surface area contributed by atoms with E-state index in [0.717, 1.165) is 0 Å². The van der Waals surface area contributed by atoms with E-state index < -0.39 is 5.97 Å². The molecular formula is C9H8O4. The van der Waals surface area contributed by atoms with Gasteiger partial charge in [0.1, 0.15) is 5.75 Å². The lowest BCUT2D eigenvalue weighted by Gasteiger charge is -2.18. The minimum atomic E-state index is -0.953. The zero-order valence-corrected chi connectivity index (χ0v) is 6.82. The predicted molar refractivity (Wildman–Crippen MR) is 43.7 cm³/mol. The van der Waals surface area contributed by atoms with Crippen LogP contribution in [0.1, 0.15) is 15.9 Å². The maximum Gasteiger partial charge on any atom is 0.336 e. The molecular weight excluding hydrogens is 172 g/mol. The van der Waals surface area contributed by atoms with Crippen molar-refractivity contribution >= 4 is 5.97 Å². The Morgan fingerprint density at radius 1 is 1.46 bits per heavy atom. The van der Waals surface area contributed by atoms with Crippen molar-refractivity contribution in [2.75, 3.05) is 6.79 Å². The fraction of sp³-hybridized carbons (Fsp3) is 0.222. The molecule has 0 saturated carbocycles. The molecule has 0 atom stereocenters. The van der Waals surface area contributed by atoms with Crippen LogP contribution >= 0.6 is 0 Å². The smallest absolute Gasteiger partial charge is 0.336 e. The Hall–Kier alpha value is -1.55. The van der Waals surface area contributed by atoms with Crippen LogP contribution in [0.15, 0.2) is 18.2 Å². The van der Waals surface area contributed by atoms with E-state index in [1.54, 1.807) is 18.2 Å². The summed E-state index contributed by atoms with van der Waals surface area (Å²) in [6.45, 7) is 0.494. The van der Waals surface area contributed by atoms with Crippen LogP contribution < -0.4 is 4.74 Å². The van der Waals surface area contributed by atoms with E-state index in [4.69, 9.17) is 14.6 Å². The molecule has 13 heavy (non-hydrogen) atoms. The van der Waals surface area contributed by atoms with Gasteiger partial charge < -0.3 is 14.6 Å². The number of carboxylic acid groups (broad SMARTS) is 1. The van der Waals surface area contributed by atoms with Gasteiger partial charge >= 0.3 is 5.97 Å². The second kappa shape index (κ2) is 3.06. The lowest BCUT2D eigenvalue weighted by Crippen LogP contribution is -2.14. The Kier molecular flexibility index (Phi) is 1.90. The number of carbonyl (C=O) groups is 1. The van der Waals surface area contributed by atoms with Gasteiger partial charge in [0.15, 0.2) is 6.79 Å². The highest BCUT2D eigenvalue weighted by molar-refractivity contribution is 5.90. The normalized spacial score (nSPS) is 14.5. The number of hydrogen-bond acceptors (Lipinski definition) is 3. The Morgan fingerprint density at radius 2 is 2.31 bits per heavy atom. The molecule has 0 unspecified atom stereocenters. The summed E-state index contributed by atoms with van der Waals surface area (Å²) in [6, 6.07) is 4.94. The van der Waals surface area contributed by atoms with E-state index >= 15 is 0 Å². The molecule has 1 N–H and O–H groups in total. The highest BCUT2D eigenvalue weighted by Gasteiger charge is 2.17. The fourth-order valence-corrected chi connectivity index (χ4v) is 1.30. The van der Waals surface area contributed by atoms with E-state index in [-0.39, 0.29) is 12.4 Å². The standard InChI is InChI=1S/C9H8O4/c10-9(11)6-2-1-3-8-7(6)4-12-5-13-8/h1-3H,4-5H2,(H,10,11). The molecule has 68 valence electrons. The van der Waals surface area contributed by atoms with Crippen LogP contribution in [0.2, 0.25) is 0 Å². The van der Waals surface area contributed by atoms with Crippen molar-refractivity contribution in [2.24, 2.45) is 0 Å². The van der Waals surface area contributed by atoms with Crippen molar-refractivity contribution in [1.29, 1.82) is 0 Å². The number of benzene rings is 1. The molecule has 1 aliphatic rings. The van der Waals surface area contributed by atoms with Crippen LogP contribution in [-0.4, -0.2) is 17.9 Å². The van der Waals surface area contributed by atoms with Gasteiger partial charge in [-0.05, 0) is 12.1 Å². The first kappa shape index (κ1) is 8.07. The molecule has 0 spiro atoms. The highest BCUT2D eigenvalue weighted by atomic mass is 16.7. The van der Waals surface area contributed by atoms with Gasteiger partial charge in [-0.15, -0.1) is 0 Å². The van der Waals surface area contributed by atoms with E-state index in [2.05, 4.69) is 0 Å². The first-order valence-corrected chi connectivity index (χ1v) is 3.85. The molecule has 0 radical (unpaired) electrons. The molecule has 1 aromatic rings. The number of hydrogen-bond donors (Lipinski definition) is 1. The minimum absolute atomic E-state index is 0.191. The van der Waals surface area contributed by atoms with Gasteiger partial charge in [-0.2, -0.15) is 0 Å². The molecule has 4 nitrogen and oxygen atoms in total. The average molecular weight is 180 g/mol. The van der Waals surface area contributed by atoms with Crippen LogP contribution in [0.5, 0.6) is 5.75 Å². The molecule has 1 aromatic carbocycles. The molecule has 0 saturated heterocycles. The summed E-state index contributed by atoms with van der Waals surface area (Å²) in [6.07, 6.45) is 0. The third-order valence-corrected chi connectivity index (χ3v) is 1.91. The van der Waals surface area contributed by atoms with Gasteiger partial charge in [0, 0.05) is 5.56 Å². The number of ether oxygens (including phenoxy) is 2. The first-order valence-electron chi connectivity index (χ1n) is 3.85. The summed E-state index contributed by atoms with van der Waals surface area (Å²) in [5.41, 5.74) is 0.860. The molecule has 0 fully saturated rings. The summed E-state index contributed by atoms with van der Waals surface area (Å²) in [7, 11) is 0. The van der Waals surface area contributed by atoms with Gasteiger partial charge in [-0.3, -0.25) is 0 Å². The second-order valence-electron chi connectivity index (χ2n) is 2.70. The largest absolute Gasteiger partial charge is 0.478 e. The summed E-state index contributed by atoms with van der Waals surface area (Å²) < 4.78 is 10.1. The van der Waals surface area contributed by atoms with E-state index in [0.29, 0.717) is 17.9 Å². The van der Waals surface area contributed by atoms with Crippen molar-refractivity contribution in [3.63, 3.8) is 0 Å². The van der Waals surface area contributed by atoms with Gasteiger partial charge in [0.2, 0.25) is 0 Å². The molecule has 1 aliphatic heterocycles. The van der Waals surface area contributed by atoms with E-state index in [1.807, 2.05) is 0 Å². The average Bonchev–Trinajstić information content (AvgIpc) is 2.17. The molecule has 0 amide bonds. The summed E-state index contributed by atoms with van der Waals surface area (Å²) >= 11 is 0. The van der Waals surface area contributed by atoms with Crippen LogP contribution in [0.25, 0.3) is 0 Å². The molecule has 0 aromatic heterocycles. The van der Waals surface area contributed by atoms with Crippen LogP contribution in [-0.2, 0) is 11.3 Å². The van der Waals surface area contributed by atoms with Crippen molar-refractivity contribution in [3.05, 3.63) is 29.3 Å². The molecule has 0 bridgehead atoms. The summed E-state index contributed by atoms with van der Waals surface area (Å²) in [5, 5.41) is 8.83. The van der Waals surface area contributed by atoms with E-state index in [9.17, 15) is 4.79 Å². The maximum absolute atomic E-state index is 10.8. The van der Waals surface area contributed by atoms with Crippen molar-refractivity contribution in [3.8, 4) is 5.75 Å². The molecule has 4 heteroatoms. The SMILES string of the molecule is O=C(O)c1cccc2c1COCO2. The van der Waals surface area contributed by atoms with Gasteiger partial charge in [0.25, 0.3) is 0 Å². The minimum Gasteiger partial charge on any atom is -0.478 e. The third kappa shape index (κ3) is 1.36. The maximum atomic E-state index is 10.8. The summed E-state index contributed by atoms with van der Waals surface area (Å²) in [4.78, 5) is 10.8. The van der Waals surface area contributed by atoms with Gasteiger partial charge in [0.05, 0.1) is 12.2 Å².